The summed E-state index contributed by atoms with van der Waals surface area (Å²) in [7, 11) is 3.83. The Morgan fingerprint density at radius 3 is 2.41 bits per heavy atom. The van der Waals surface area contributed by atoms with Gasteiger partial charge in [0.05, 0.1) is 12.6 Å². The average molecular weight is 382 g/mol. The fraction of sp³-hybridized carbons (Fsp3) is 0.286. The lowest BCUT2D eigenvalue weighted by molar-refractivity contribution is 0.233. The van der Waals surface area contributed by atoms with E-state index < -0.39 is 0 Å². The lowest BCUT2D eigenvalue weighted by Gasteiger charge is -2.31. The first-order valence-corrected chi connectivity index (χ1v) is 9.81. The van der Waals surface area contributed by atoms with Gasteiger partial charge in [0.25, 0.3) is 0 Å². The Hall–Kier alpha value is -2.28. The number of hydrogen-bond acceptors (Lipinski definition) is 6. The summed E-state index contributed by atoms with van der Waals surface area (Å²) in [4.78, 5) is 8.00. The van der Waals surface area contributed by atoms with Crippen molar-refractivity contribution in [3.63, 3.8) is 0 Å². The molecule has 1 aromatic heterocycles. The van der Waals surface area contributed by atoms with E-state index in [1.807, 2.05) is 48.3 Å². The normalized spacial score (nSPS) is 15.8. The molecule has 5 nitrogen and oxygen atoms in total. The van der Waals surface area contributed by atoms with E-state index in [1.165, 1.54) is 4.90 Å². The van der Waals surface area contributed by atoms with Crippen LogP contribution in [0.3, 0.4) is 0 Å². The van der Waals surface area contributed by atoms with Crippen molar-refractivity contribution >= 4 is 22.9 Å². The summed E-state index contributed by atoms with van der Waals surface area (Å²) < 4.78 is 13.8. The molecule has 0 spiro atoms. The highest BCUT2D eigenvalue weighted by Crippen LogP contribution is 2.32. The first-order chi connectivity index (χ1) is 13.2. The second-order valence-corrected chi connectivity index (χ2v) is 7.76. The van der Waals surface area contributed by atoms with Gasteiger partial charge in [-0.1, -0.05) is 0 Å². The van der Waals surface area contributed by atoms with Gasteiger partial charge in [0, 0.05) is 48.7 Å². The third kappa shape index (κ3) is 4.35. The number of ether oxygens (including phenoxy) is 2. The highest BCUT2D eigenvalue weighted by Gasteiger charge is 2.14. The number of fused-ring (bicyclic) bond motifs is 1. The van der Waals surface area contributed by atoms with Crippen LogP contribution in [0.2, 0.25) is 0 Å². The second kappa shape index (κ2) is 8.17. The van der Waals surface area contributed by atoms with Crippen molar-refractivity contribution in [1.82, 2.24) is 14.2 Å². The summed E-state index contributed by atoms with van der Waals surface area (Å²) in [6, 6.07) is 16.0. The van der Waals surface area contributed by atoms with Crippen LogP contribution in [-0.4, -0.2) is 54.5 Å². The number of likely N-dealkylation sites (N-methyl/N-ethyl adjacent to an activating group) is 1. The summed E-state index contributed by atoms with van der Waals surface area (Å²) >= 11 is 1.82. The molecule has 0 aliphatic carbocycles. The van der Waals surface area contributed by atoms with E-state index in [9.17, 15) is 0 Å². The van der Waals surface area contributed by atoms with Crippen molar-refractivity contribution in [2.45, 2.75) is 4.90 Å². The molecule has 0 unspecified atom stereocenters. The van der Waals surface area contributed by atoms with Gasteiger partial charge >= 0.3 is 0 Å². The minimum atomic E-state index is 0.789. The van der Waals surface area contributed by atoms with Crippen LogP contribution in [0.15, 0.2) is 59.6 Å². The molecule has 0 radical (unpaired) electrons. The number of nitrogens with zero attached hydrogens (tertiary/aromatic N) is 3. The van der Waals surface area contributed by atoms with Gasteiger partial charge in [-0.15, -0.1) is 0 Å². The van der Waals surface area contributed by atoms with Crippen molar-refractivity contribution in [2.75, 3.05) is 40.3 Å². The first-order valence-electron chi connectivity index (χ1n) is 9.03. The highest BCUT2D eigenvalue weighted by molar-refractivity contribution is 7.97. The summed E-state index contributed by atoms with van der Waals surface area (Å²) in [5.41, 5.74) is 0.856. The standard InChI is InChI=1S/C21H23N3O2S/c1-23-11-13-24(14-12-23)27-18-6-3-16(4-7-18)26-21-9-10-22-20-15-17(25-2)5-8-19(20)21/h3-10,15H,11-14H2,1-2H3. The molecule has 27 heavy (non-hydrogen) atoms. The molecule has 1 fully saturated rings. The van der Waals surface area contributed by atoms with Gasteiger partial charge in [-0.25, -0.2) is 4.31 Å². The monoisotopic (exact) mass is 381 g/mol. The zero-order valence-electron chi connectivity index (χ0n) is 15.6. The van der Waals surface area contributed by atoms with Crippen molar-refractivity contribution in [2.24, 2.45) is 0 Å². The number of benzene rings is 2. The van der Waals surface area contributed by atoms with Crippen LogP contribution >= 0.6 is 11.9 Å². The molecule has 0 saturated carbocycles. The van der Waals surface area contributed by atoms with E-state index in [2.05, 4.69) is 33.4 Å². The van der Waals surface area contributed by atoms with E-state index in [-0.39, 0.29) is 0 Å². The van der Waals surface area contributed by atoms with Crippen molar-refractivity contribution in [1.29, 1.82) is 0 Å². The first kappa shape index (κ1) is 18.1. The quantitative estimate of drug-likeness (QED) is 0.614. The molecule has 1 saturated heterocycles. The van der Waals surface area contributed by atoms with Crippen LogP contribution in [0.25, 0.3) is 10.9 Å². The van der Waals surface area contributed by atoms with Crippen LogP contribution < -0.4 is 9.47 Å². The average Bonchev–Trinajstić information content (AvgIpc) is 2.71. The lowest BCUT2D eigenvalue weighted by Crippen LogP contribution is -2.40. The largest absolute Gasteiger partial charge is 0.497 e. The van der Waals surface area contributed by atoms with E-state index >= 15 is 0 Å². The number of methoxy groups -OCH3 is 1. The fourth-order valence-corrected chi connectivity index (χ4v) is 3.94. The topological polar surface area (TPSA) is 37.8 Å². The Kier molecular flexibility index (Phi) is 5.48. The summed E-state index contributed by atoms with van der Waals surface area (Å²) in [6.45, 7) is 4.42. The zero-order valence-corrected chi connectivity index (χ0v) is 16.4. The maximum Gasteiger partial charge on any atom is 0.138 e. The van der Waals surface area contributed by atoms with E-state index in [0.717, 1.165) is 54.3 Å². The molecular weight excluding hydrogens is 358 g/mol. The van der Waals surface area contributed by atoms with Gasteiger partial charge in [-0.2, -0.15) is 0 Å². The summed E-state index contributed by atoms with van der Waals surface area (Å²) in [5, 5.41) is 0.967. The molecular formula is C21H23N3O2S. The Balaban J connectivity index is 1.46. The predicted molar refractivity (Wildman–Crippen MR) is 110 cm³/mol. The van der Waals surface area contributed by atoms with Crippen LogP contribution in [0.1, 0.15) is 0 Å². The maximum atomic E-state index is 6.11. The molecule has 3 aromatic rings. The Morgan fingerprint density at radius 2 is 1.67 bits per heavy atom. The lowest BCUT2D eigenvalue weighted by atomic mass is 10.2. The van der Waals surface area contributed by atoms with Gasteiger partial charge in [0.15, 0.2) is 0 Å². The molecule has 6 heteroatoms. The second-order valence-electron chi connectivity index (χ2n) is 6.59. The molecule has 140 valence electrons. The van der Waals surface area contributed by atoms with Crippen LogP contribution in [0.4, 0.5) is 0 Å². The maximum absolute atomic E-state index is 6.11. The number of hydrogen-bond donors (Lipinski definition) is 0. The Morgan fingerprint density at radius 1 is 0.926 bits per heavy atom. The van der Waals surface area contributed by atoms with Crippen LogP contribution in [0.5, 0.6) is 17.2 Å². The molecule has 0 amide bonds. The number of rotatable bonds is 5. The molecule has 0 bridgehead atoms. The fourth-order valence-electron chi connectivity index (χ4n) is 3.04. The minimum Gasteiger partial charge on any atom is -0.497 e. The summed E-state index contributed by atoms with van der Waals surface area (Å²) in [6.07, 6.45) is 1.76. The van der Waals surface area contributed by atoms with Crippen LogP contribution in [-0.2, 0) is 0 Å². The molecule has 4 rings (SSSR count). The molecule has 2 heterocycles. The molecule has 0 atom stereocenters. The smallest absolute Gasteiger partial charge is 0.138 e. The van der Waals surface area contributed by atoms with Gasteiger partial charge in [0.1, 0.15) is 17.2 Å². The van der Waals surface area contributed by atoms with E-state index in [0.29, 0.717) is 0 Å². The van der Waals surface area contributed by atoms with Crippen LogP contribution in [0, 0.1) is 0 Å². The molecule has 2 aromatic carbocycles. The molecule has 0 N–H and O–H groups in total. The van der Waals surface area contributed by atoms with Gasteiger partial charge in [-0.3, -0.25) is 4.98 Å². The van der Waals surface area contributed by atoms with Crippen molar-refractivity contribution in [3.05, 3.63) is 54.7 Å². The molecule has 1 aliphatic heterocycles. The van der Waals surface area contributed by atoms with Gasteiger partial charge < -0.3 is 14.4 Å². The Bertz CT molecular complexity index is 909. The minimum absolute atomic E-state index is 0.789. The van der Waals surface area contributed by atoms with E-state index in [1.54, 1.807) is 13.3 Å². The SMILES string of the molecule is COc1ccc2c(Oc3ccc(SN4CCN(C)CC4)cc3)ccnc2c1. The predicted octanol–water partition coefficient (Wildman–Crippen LogP) is 4.29. The summed E-state index contributed by atoms with van der Waals surface area (Å²) in [5.74, 6) is 2.40. The molecule has 1 aliphatic rings. The highest BCUT2D eigenvalue weighted by atomic mass is 32.2. The number of pyridine rings is 1. The third-order valence-electron chi connectivity index (χ3n) is 4.66. The van der Waals surface area contributed by atoms with E-state index in [4.69, 9.17) is 9.47 Å². The Labute approximate surface area is 164 Å². The van der Waals surface area contributed by atoms with Gasteiger partial charge in [0.2, 0.25) is 0 Å². The third-order valence-corrected chi connectivity index (χ3v) is 5.76. The number of aromatic nitrogens is 1. The van der Waals surface area contributed by atoms with Gasteiger partial charge in [-0.05, 0) is 61.5 Å². The van der Waals surface area contributed by atoms with Crippen molar-refractivity contribution < 1.29 is 9.47 Å². The number of piperazine rings is 1. The van der Waals surface area contributed by atoms with Crippen molar-refractivity contribution in [3.8, 4) is 17.2 Å². The zero-order chi connectivity index (χ0) is 18.6.